The van der Waals surface area contributed by atoms with Gasteiger partial charge in [-0.05, 0) is 48.7 Å². The highest BCUT2D eigenvalue weighted by atomic mass is 16.2. The molecule has 1 atom stereocenters. The minimum Gasteiger partial charge on any atom is -0.335 e. The lowest BCUT2D eigenvalue weighted by Crippen LogP contribution is -2.38. The molecule has 1 aromatic heterocycles. The fraction of sp³-hybridized carbons (Fsp3) is 0.182. The maximum atomic E-state index is 14.3. The normalized spacial score (nSPS) is 12.0. The molecule has 1 heterocycles. The van der Waals surface area contributed by atoms with Gasteiger partial charge in [-0.25, -0.2) is 4.98 Å². The third kappa shape index (κ3) is 4.75. The summed E-state index contributed by atoms with van der Waals surface area (Å²) in [4.78, 5) is 34.9. The molecule has 5 rings (SSSR count). The first-order chi connectivity index (χ1) is 18.5. The Balaban J connectivity index is 1.66. The topological polar surface area (TPSA) is 55.2 Å². The zero-order chi connectivity index (χ0) is 26.6. The minimum atomic E-state index is -0.476. The van der Waals surface area contributed by atoms with Crippen LogP contribution in [0.3, 0.4) is 0 Å². The van der Waals surface area contributed by atoms with Gasteiger partial charge in [0.1, 0.15) is 5.82 Å². The zero-order valence-corrected chi connectivity index (χ0v) is 21.9. The Morgan fingerprint density at radius 1 is 0.816 bits per heavy atom. The molecule has 4 aromatic carbocycles. The smallest absolute Gasteiger partial charge is 0.266 e. The Morgan fingerprint density at radius 2 is 1.37 bits per heavy atom. The van der Waals surface area contributed by atoms with E-state index < -0.39 is 12.0 Å². The molecule has 5 aromatic rings. The van der Waals surface area contributed by atoms with Crippen LogP contribution in [0, 0.1) is 6.92 Å². The number of benzene rings is 4. The van der Waals surface area contributed by atoms with Crippen molar-refractivity contribution in [3.05, 3.63) is 142 Å². The number of fused-ring (bicyclic) bond motifs is 1. The van der Waals surface area contributed by atoms with Crippen molar-refractivity contribution in [3.63, 3.8) is 0 Å². The molecule has 0 saturated heterocycles. The van der Waals surface area contributed by atoms with Crippen molar-refractivity contribution in [2.24, 2.45) is 0 Å². The summed E-state index contributed by atoms with van der Waals surface area (Å²) < 4.78 is 1.67. The van der Waals surface area contributed by atoms with Crippen LogP contribution >= 0.6 is 0 Å². The van der Waals surface area contributed by atoms with Crippen LogP contribution in [0.5, 0.6) is 0 Å². The van der Waals surface area contributed by atoms with Gasteiger partial charge in [0.2, 0.25) is 5.91 Å². The molecule has 0 aliphatic rings. The molecule has 5 heteroatoms. The fourth-order valence-corrected chi connectivity index (χ4v) is 5.07. The fourth-order valence-electron chi connectivity index (χ4n) is 5.07. The van der Waals surface area contributed by atoms with Gasteiger partial charge in [-0.3, -0.25) is 14.2 Å². The van der Waals surface area contributed by atoms with Crippen molar-refractivity contribution in [3.8, 4) is 5.69 Å². The summed E-state index contributed by atoms with van der Waals surface area (Å²) >= 11 is 0. The second-order valence-corrected chi connectivity index (χ2v) is 9.59. The van der Waals surface area contributed by atoms with Crippen LogP contribution in [0.4, 0.5) is 0 Å². The molecule has 0 aliphatic heterocycles. The number of aryl methyl sites for hydroxylation is 1. The maximum absolute atomic E-state index is 14.3. The molecule has 0 saturated carbocycles. The van der Waals surface area contributed by atoms with Gasteiger partial charge in [0, 0.05) is 7.05 Å². The molecule has 0 bridgehead atoms. The van der Waals surface area contributed by atoms with Crippen LogP contribution in [0.25, 0.3) is 16.6 Å². The Hall–Kier alpha value is -4.51. The molecule has 1 unspecified atom stereocenters. The lowest BCUT2D eigenvalue weighted by atomic mass is 9.89. The summed E-state index contributed by atoms with van der Waals surface area (Å²) in [6, 6.07) is 34.5. The predicted molar refractivity (Wildman–Crippen MR) is 153 cm³/mol. The molecular formula is C33H31N3O2. The largest absolute Gasteiger partial charge is 0.335 e. The van der Waals surface area contributed by atoms with Crippen molar-refractivity contribution in [2.75, 3.05) is 7.05 Å². The second-order valence-electron chi connectivity index (χ2n) is 9.59. The Bertz CT molecular complexity index is 1570. The molecule has 190 valence electrons. The van der Waals surface area contributed by atoms with Gasteiger partial charge < -0.3 is 4.90 Å². The molecule has 38 heavy (non-hydrogen) atoms. The van der Waals surface area contributed by atoms with Gasteiger partial charge in [-0.2, -0.15) is 0 Å². The van der Waals surface area contributed by atoms with Crippen LogP contribution < -0.4 is 5.56 Å². The predicted octanol–water partition coefficient (Wildman–Crippen LogP) is 6.44. The van der Waals surface area contributed by atoms with E-state index in [0.29, 0.717) is 23.1 Å². The van der Waals surface area contributed by atoms with Crippen LogP contribution in [-0.2, 0) is 4.79 Å². The summed E-state index contributed by atoms with van der Waals surface area (Å²) in [5.74, 6) is 0.0272. The average molecular weight is 502 g/mol. The number of rotatable bonds is 7. The number of para-hydroxylation sites is 1. The molecule has 5 nitrogen and oxygen atoms in total. The SMILES string of the molecule is CCC(c1nc2ccccc2c(=O)n1-c1ccc(C)cc1)N(C)C(=O)C(c1ccccc1)c1ccccc1. The molecule has 0 aliphatic carbocycles. The van der Waals surface area contributed by atoms with Crippen LogP contribution in [0.15, 0.2) is 114 Å². The number of hydrogen-bond donors (Lipinski definition) is 0. The highest BCUT2D eigenvalue weighted by Gasteiger charge is 2.32. The van der Waals surface area contributed by atoms with Crippen molar-refractivity contribution in [2.45, 2.75) is 32.2 Å². The first-order valence-electron chi connectivity index (χ1n) is 12.9. The Labute approximate surface area is 223 Å². The van der Waals surface area contributed by atoms with Gasteiger partial charge in [-0.1, -0.05) is 97.4 Å². The number of aromatic nitrogens is 2. The van der Waals surface area contributed by atoms with Crippen molar-refractivity contribution in [1.82, 2.24) is 14.5 Å². The van der Waals surface area contributed by atoms with Crippen molar-refractivity contribution < 1.29 is 4.79 Å². The van der Waals surface area contributed by atoms with Crippen LogP contribution in [0.1, 0.15) is 47.8 Å². The lowest BCUT2D eigenvalue weighted by Gasteiger charge is -2.32. The van der Waals surface area contributed by atoms with Gasteiger partial charge in [0.25, 0.3) is 5.56 Å². The Kier molecular flexibility index (Phi) is 7.18. The number of hydrogen-bond acceptors (Lipinski definition) is 3. The summed E-state index contributed by atoms with van der Waals surface area (Å²) in [5, 5.41) is 0.548. The van der Waals surface area contributed by atoms with E-state index in [-0.39, 0.29) is 11.5 Å². The van der Waals surface area contributed by atoms with E-state index in [9.17, 15) is 9.59 Å². The van der Waals surface area contributed by atoms with Crippen LogP contribution in [-0.4, -0.2) is 27.4 Å². The second kappa shape index (κ2) is 10.9. The summed E-state index contributed by atoms with van der Waals surface area (Å²) in [6.45, 7) is 4.04. The monoisotopic (exact) mass is 501 g/mol. The summed E-state index contributed by atoms with van der Waals surface area (Å²) in [6.07, 6.45) is 0.592. The number of amides is 1. The van der Waals surface area contributed by atoms with E-state index in [4.69, 9.17) is 4.98 Å². The van der Waals surface area contributed by atoms with Gasteiger partial charge >= 0.3 is 0 Å². The quantitative estimate of drug-likeness (QED) is 0.258. The third-order valence-electron chi connectivity index (χ3n) is 7.11. The molecule has 0 radical (unpaired) electrons. The molecular weight excluding hydrogens is 470 g/mol. The minimum absolute atomic E-state index is 0.0490. The number of likely N-dealkylation sites (N-methyl/N-ethyl adjacent to an activating group) is 1. The molecule has 1 amide bonds. The molecule has 0 spiro atoms. The maximum Gasteiger partial charge on any atom is 0.266 e. The third-order valence-corrected chi connectivity index (χ3v) is 7.11. The van der Waals surface area contributed by atoms with E-state index >= 15 is 0 Å². The van der Waals surface area contributed by atoms with E-state index in [1.165, 1.54) is 0 Å². The van der Waals surface area contributed by atoms with E-state index in [0.717, 1.165) is 22.4 Å². The molecule has 0 N–H and O–H groups in total. The van der Waals surface area contributed by atoms with Crippen molar-refractivity contribution in [1.29, 1.82) is 0 Å². The first kappa shape index (κ1) is 25.2. The average Bonchev–Trinajstić information content (AvgIpc) is 2.95. The van der Waals surface area contributed by atoms with E-state index in [1.807, 2.05) is 124 Å². The Morgan fingerprint density at radius 3 is 1.95 bits per heavy atom. The van der Waals surface area contributed by atoms with Gasteiger partial charge in [0.15, 0.2) is 0 Å². The van der Waals surface area contributed by atoms with Gasteiger partial charge in [0.05, 0.1) is 28.6 Å². The van der Waals surface area contributed by atoms with Crippen LogP contribution in [0.2, 0.25) is 0 Å². The highest BCUT2D eigenvalue weighted by Crippen LogP contribution is 2.32. The molecule has 0 fully saturated rings. The van der Waals surface area contributed by atoms with Gasteiger partial charge in [-0.15, -0.1) is 0 Å². The number of carbonyl (C=O) groups is 1. The standard InChI is InChI=1S/C33H31N3O2/c1-4-29(35(3)33(38)30(24-13-7-5-8-14-24)25-15-9-6-10-16-25)31-34-28-18-12-11-17-27(28)32(37)36(31)26-21-19-23(2)20-22-26/h5-22,29-30H,4H2,1-3H3. The lowest BCUT2D eigenvalue weighted by molar-refractivity contribution is -0.133. The summed E-state index contributed by atoms with van der Waals surface area (Å²) in [7, 11) is 1.82. The number of nitrogens with zero attached hydrogens (tertiary/aromatic N) is 3. The summed E-state index contributed by atoms with van der Waals surface area (Å²) in [5.41, 5.74) is 4.16. The first-order valence-corrected chi connectivity index (χ1v) is 12.9. The van der Waals surface area contributed by atoms with E-state index in [2.05, 4.69) is 0 Å². The highest BCUT2D eigenvalue weighted by molar-refractivity contribution is 5.87. The number of carbonyl (C=O) groups excluding carboxylic acids is 1. The van der Waals surface area contributed by atoms with E-state index in [1.54, 1.807) is 15.5 Å². The van der Waals surface area contributed by atoms with Crippen molar-refractivity contribution >= 4 is 16.8 Å². The zero-order valence-electron chi connectivity index (χ0n) is 21.9.